The molecule has 59 aromatic rings. The van der Waals surface area contributed by atoms with Crippen molar-refractivity contribution in [2.45, 2.75) is 45.3 Å². The van der Waals surface area contributed by atoms with Crippen molar-refractivity contribution in [2.75, 3.05) is 0 Å². The molecule has 0 aliphatic heterocycles. The van der Waals surface area contributed by atoms with Gasteiger partial charge in [0.15, 0.2) is 0 Å². The molecule has 0 amide bonds. The van der Waals surface area contributed by atoms with Crippen molar-refractivity contribution in [2.24, 2.45) is 0 Å². The fourth-order valence-corrected chi connectivity index (χ4v) is 55.1. The largest absolute Gasteiger partial charge is 0.0620 e. The van der Waals surface area contributed by atoms with E-state index in [1.54, 1.807) is 626 Å². The average molecular weight is 1720 g/mol. The Morgan fingerprint density at radius 3 is 0.232 bits per heavy atom. The van der Waals surface area contributed by atoms with Gasteiger partial charge in [-0.2, -0.15) is 0 Å². The van der Waals surface area contributed by atoms with Crippen LogP contribution in [0.1, 0.15) is 113 Å². The molecule has 14 aliphatic rings. The minimum Gasteiger partial charge on any atom is -0.0620 e. The molecular weight excluding hydrogens is 1710 g/mol. The smallest absolute Gasteiger partial charge is 0.0484 e. The van der Waals surface area contributed by atoms with E-state index in [9.17, 15) is 0 Å². The first-order chi connectivity index (χ1) is 70.9. The Kier molecular flexibility index (Phi) is 4.18. The summed E-state index contributed by atoms with van der Waals surface area (Å²) in [6, 6.07) is 28.3. The van der Waals surface area contributed by atoms with Gasteiger partial charge in [-0.3, -0.25) is 0 Å². The van der Waals surface area contributed by atoms with Gasteiger partial charge in [0.1, 0.15) is 0 Å². The molecule has 0 nitrogen and oxygen atoms in total. The second-order valence-corrected chi connectivity index (χ2v) is 53.8. The molecule has 0 saturated carbocycles. The molecule has 0 N–H and O–H groups in total. The SMILES string of the molecule is c1ccc2c(c1)[C@@H]1c3cc4c(cc3[C@H]2C23c5c6c7c8c9c%10c(c%11c%12c2c2c5c5c%13c6c6c7c7c9c9c%14c%10c%10c%11c%11c%12c%12c2c2c5c5c%13c%13c6c6c7c9c7c9c%14c%10c%10c%11c%11c%12c2c2c5c5c%13c6c7c6c9c%10c%11c2c56)C813)[C@@H]1c2ccccc2[C@H]4C23c4c5c6c7c8c9c(c%10c%11c2c2c4c4c%12c5c5c6c6c8c8c%13c9c9c%10c%10c%11c%11c2c2c4c4c%12c%12c5c5c6c8c6c8c%13c9c9c%10c%10c%11c2c2c4c4c%12c5c6c5c8c9c%10c2c45)C713. The first-order valence-corrected chi connectivity index (χ1v) is 53.8. The van der Waals surface area contributed by atoms with Crippen molar-refractivity contribution >= 4 is 582 Å². The Labute approximate surface area is 770 Å². The third kappa shape index (κ3) is 2.68. The van der Waals surface area contributed by atoms with E-state index in [1.165, 1.54) is 0 Å². The highest BCUT2D eigenvalue weighted by Gasteiger charge is 2.83. The third-order valence-electron chi connectivity index (χ3n) is 54.4. The molecule has 0 unspecified atom stereocenters. The molecule has 0 aromatic heterocycles. The lowest BCUT2D eigenvalue weighted by Gasteiger charge is -2.69. The second kappa shape index (κ2) is 11.6. The van der Waals surface area contributed by atoms with Gasteiger partial charge in [0.25, 0.3) is 0 Å². The van der Waals surface area contributed by atoms with Gasteiger partial charge in [-0.25, -0.2) is 0 Å². The monoisotopic (exact) mass is 1720 g/mol. The van der Waals surface area contributed by atoms with E-state index in [1.807, 2.05) is 44.5 Å². The van der Waals surface area contributed by atoms with E-state index in [-0.39, 0.29) is 23.7 Å². The Morgan fingerprint density at radius 2 is 0.155 bits per heavy atom. The van der Waals surface area contributed by atoms with Gasteiger partial charge in [0.05, 0.1) is 0 Å². The van der Waals surface area contributed by atoms with Gasteiger partial charge in [-0.1, -0.05) is 60.7 Å². The fraction of sp³-hybridized carbons (Fsp3) is 0.0563. The van der Waals surface area contributed by atoms with Crippen LogP contribution in [0.2, 0.25) is 0 Å². The minimum atomic E-state index is -0.537. The summed E-state index contributed by atoms with van der Waals surface area (Å²) in [7, 11) is 0. The van der Waals surface area contributed by atoms with Crippen LogP contribution in [0.5, 0.6) is 0 Å². The van der Waals surface area contributed by atoms with Crippen molar-refractivity contribution in [1.29, 1.82) is 0 Å². The Balaban J connectivity index is 0.621. The van der Waals surface area contributed by atoms with Crippen LogP contribution in [-0.2, 0) is 21.7 Å². The van der Waals surface area contributed by atoms with E-state index in [0.717, 1.165) is 0 Å². The molecule has 14 aliphatic carbocycles. The first kappa shape index (κ1) is 51.3. The van der Waals surface area contributed by atoms with Gasteiger partial charge in [0.2, 0.25) is 0 Å². The van der Waals surface area contributed by atoms with E-state index in [0.29, 0.717) is 0 Å². The highest BCUT2D eigenvalue weighted by atomic mass is 14.8. The number of benzene rings is 39. The quantitative estimate of drug-likeness (QED) is 0.133. The topological polar surface area (TPSA) is 0 Å². The van der Waals surface area contributed by atoms with E-state index in [4.69, 9.17) is 0 Å². The van der Waals surface area contributed by atoms with Crippen LogP contribution in [0, 0.1) is 0 Å². The lowest BCUT2D eigenvalue weighted by atomic mass is 9.31. The molecular formula is C142H14. The highest BCUT2D eigenvalue weighted by molar-refractivity contribution is 6.88. The number of hydrogen-bond acceptors (Lipinski definition) is 0. The lowest BCUT2D eigenvalue weighted by molar-refractivity contribution is 0.208. The van der Waals surface area contributed by atoms with Crippen molar-refractivity contribution in [1.82, 2.24) is 0 Å². The molecule has 142 heavy (non-hydrogen) atoms. The number of rotatable bonds is 0. The summed E-state index contributed by atoms with van der Waals surface area (Å²) in [4.78, 5) is 0. The predicted octanol–water partition coefficient (Wildman–Crippen LogP) is 37.5. The van der Waals surface area contributed by atoms with Crippen LogP contribution >= 0.6 is 0 Å². The van der Waals surface area contributed by atoms with Gasteiger partial charge >= 0.3 is 0 Å². The molecule has 582 valence electrons. The van der Waals surface area contributed by atoms with Crippen molar-refractivity contribution < 1.29 is 0 Å². The van der Waals surface area contributed by atoms with E-state index >= 15 is 0 Å². The Bertz CT molecular complexity index is 15100. The maximum Gasteiger partial charge on any atom is 0.0484 e. The summed E-state index contributed by atoms with van der Waals surface area (Å²) in [5.41, 5.74) is 26.0. The Morgan fingerprint density at radius 1 is 0.0845 bits per heavy atom. The molecule has 4 bridgehead atoms. The van der Waals surface area contributed by atoms with Gasteiger partial charge in [-0.15, -0.1) is 0 Å². The Hall–Kier alpha value is -17.4. The third-order valence-corrected chi connectivity index (χ3v) is 54.4. The first-order valence-electron chi connectivity index (χ1n) is 53.8. The highest BCUT2D eigenvalue weighted by Crippen LogP contribution is 2.96. The maximum absolute atomic E-state index is 3.28. The second-order valence-electron chi connectivity index (χ2n) is 53.8. The maximum atomic E-state index is 3.28. The normalized spacial score (nSPS) is 24.7. The lowest BCUT2D eigenvalue weighted by Crippen LogP contribution is -2.65. The summed E-state index contributed by atoms with van der Waals surface area (Å²) < 4.78 is 0. The summed E-state index contributed by atoms with van der Waals surface area (Å²) in [6.07, 6.45) is 0. The van der Waals surface area contributed by atoms with E-state index < -0.39 is 21.7 Å². The summed E-state index contributed by atoms with van der Waals surface area (Å²) in [5.74, 6) is -0.0572. The molecule has 0 heteroatoms. The van der Waals surface area contributed by atoms with Crippen molar-refractivity contribution in [3.63, 3.8) is 0 Å². The van der Waals surface area contributed by atoms with Crippen molar-refractivity contribution in [3.05, 3.63) is 150 Å². The van der Waals surface area contributed by atoms with Gasteiger partial charge < -0.3 is 0 Å². The molecule has 0 fully saturated rings. The zero-order valence-electron chi connectivity index (χ0n) is 72.1. The minimum absolute atomic E-state index is 0.0143. The summed E-state index contributed by atoms with van der Waals surface area (Å²) in [5, 5.41) is 183. The predicted molar refractivity (Wildman–Crippen MR) is 594 cm³/mol. The summed E-state index contributed by atoms with van der Waals surface area (Å²) >= 11 is 0. The molecule has 0 heterocycles. The molecule has 59 aromatic carbocycles. The van der Waals surface area contributed by atoms with Crippen molar-refractivity contribution in [3.8, 4) is 0 Å². The van der Waals surface area contributed by atoms with Crippen LogP contribution in [0.25, 0.3) is 582 Å². The fourth-order valence-electron chi connectivity index (χ4n) is 55.1. The van der Waals surface area contributed by atoms with Gasteiger partial charge in [0, 0.05) is 45.3 Å². The molecule has 73 rings (SSSR count). The van der Waals surface area contributed by atoms with Crippen LogP contribution < -0.4 is 0 Å². The molecule has 4 atom stereocenters. The zero-order valence-corrected chi connectivity index (χ0v) is 72.1. The van der Waals surface area contributed by atoms with Crippen LogP contribution in [0.15, 0.2) is 60.7 Å². The average Bonchev–Trinajstić information content (AvgIpc) is 1.37. The van der Waals surface area contributed by atoms with E-state index in [2.05, 4.69) is 60.7 Å². The molecule has 0 radical (unpaired) electrons. The zero-order chi connectivity index (χ0) is 83.0. The van der Waals surface area contributed by atoms with Crippen LogP contribution in [0.3, 0.4) is 0 Å². The molecule has 0 saturated heterocycles. The molecule has 4 spiro atoms. The summed E-state index contributed by atoms with van der Waals surface area (Å²) in [6.45, 7) is 0. The van der Waals surface area contributed by atoms with Crippen LogP contribution in [0.4, 0.5) is 0 Å². The standard InChI is InChI=1S/C142H14/c1-2-6-12-11(5-1)127-15-9-17-18(10-16(15)128(12)140-133-113-97-77-57-41-25-20-19-23-31-33(25)49-63-47(31)67-55-39(23)40-24(19)32-34-26(20)42(41)58-70-50(34)64-48(32)68-56(40)76-75(55)95-83(67)103-91(63)105(85(97)69(49)57)121(133)119(103)131-111(95)112-96(76)84(68)104-92(64)106-86(70)98(78(58)77)114(113)134(140)122(106)120(104)132(112)139(127,131)140)130-14-8-4-3-7-13(14)129(17)141-135-115-99-79-59-43-27-21-22-29-37-35(27)51-65-53(37)73-61-45(29)46-30(22)38-36-28(21)44(43)60-72-52(36)66-54(38)74-62(46)82-81(61)101-89(73)109-93(65)107(87(99)71(51)59)123(135)125(109)137-117(101)118-102(82)90(74)110-94(66)108-88(72)100(80(60)79)116(115)136(141)124(108)126(110)138(118)142(130,137)141/h1-10,127-130H/t127-,128+,129-,130+,139?,140?,141?,142?. The van der Waals surface area contributed by atoms with Crippen LogP contribution in [-0.4, -0.2) is 0 Å². The number of hydrogen-bond donors (Lipinski definition) is 0. The van der Waals surface area contributed by atoms with Gasteiger partial charge in [-0.05, 0) is 671 Å².